The lowest BCUT2D eigenvalue weighted by Gasteiger charge is -2.22. The summed E-state index contributed by atoms with van der Waals surface area (Å²) in [6, 6.07) is 0. The van der Waals surface area contributed by atoms with Gasteiger partial charge in [-0.25, -0.2) is 4.98 Å². The standard InChI is InChI=1S/C17H31N5O/c1-14(2)12-22-8-7-19-16(22)11-20-17(18-3)21(4)9-10-23-13-15-5-6-15/h7-8,14-15H,5-6,9-13H2,1-4H3,(H,18,20). The lowest BCUT2D eigenvalue weighted by Crippen LogP contribution is -2.40. The summed E-state index contributed by atoms with van der Waals surface area (Å²) in [6.07, 6.45) is 6.57. The SMILES string of the molecule is CN=C(NCc1nccn1CC(C)C)N(C)CCOCC1CC1. The van der Waals surface area contributed by atoms with Crippen molar-refractivity contribution in [1.82, 2.24) is 19.8 Å². The fourth-order valence-electron chi connectivity index (χ4n) is 2.45. The maximum absolute atomic E-state index is 5.70. The summed E-state index contributed by atoms with van der Waals surface area (Å²) in [7, 11) is 3.85. The van der Waals surface area contributed by atoms with Gasteiger partial charge in [0.25, 0.3) is 0 Å². The molecule has 0 radical (unpaired) electrons. The van der Waals surface area contributed by atoms with Crippen molar-refractivity contribution in [2.45, 2.75) is 39.8 Å². The zero-order chi connectivity index (χ0) is 16.7. The van der Waals surface area contributed by atoms with Crippen LogP contribution >= 0.6 is 0 Å². The minimum Gasteiger partial charge on any atom is -0.379 e. The summed E-state index contributed by atoms with van der Waals surface area (Å²) in [4.78, 5) is 10.9. The number of aliphatic imine (C=N–C) groups is 1. The molecule has 0 amide bonds. The molecule has 0 atom stereocenters. The number of rotatable bonds is 9. The minimum absolute atomic E-state index is 0.605. The van der Waals surface area contributed by atoms with Crippen LogP contribution in [0.3, 0.4) is 0 Å². The Balaban J connectivity index is 1.74. The Bertz CT molecular complexity index is 493. The van der Waals surface area contributed by atoms with Crippen molar-refractivity contribution in [3.63, 3.8) is 0 Å². The Morgan fingerprint density at radius 2 is 2.30 bits per heavy atom. The quantitative estimate of drug-likeness (QED) is 0.429. The van der Waals surface area contributed by atoms with E-state index in [1.54, 1.807) is 0 Å². The molecular formula is C17H31N5O. The Labute approximate surface area is 139 Å². The van der Waals surface area contributed by atoms with E-state index < -0.39 is 0 Å². The third kappa shape index (κ3) is 6.22. The largest absolute Gasteiger partial charge is 0.379 e. The summed E-state index contributed by atoms with van der Waals surface area (Å²) in [5.41, 5.74) is 0. The molecule has 0 spiro atoms. The van der Waals surface area contributed by atoms with Gasteiger partial charge in [-0.2, -0.15) is 0 Å². The summed E-state index contributed by atoms with van der Waals surface area (Å²) < 4.78 is 7.89. The molecule has 1 aliphatic carbocycles. The molecule has 6 heteroatoms. The molecule has 1 N–H and O–H groups in total. The molecule has 6 nitrogen and oxygen atoms in total. The third-order valence-corrected chi connectivity index (χ3v) is 3.96. The molecule has 1 saturated carbocycles. The van der Waals surface area contributed by atoms with E-state index in [-0.39, 0.29) is 0 Å². The van der Waals surface area contributed by atoms with Crippen LogP contribution in [0, 0.1) is 11.8 Å². The summed E-state index contributed by atoms with van der Waals surface area (Å²) >= 11 is 0. The van der Waals surface area contributed by atoms with Gasteiger partial charge in [-0.1, -0.05) is 13.8 Å². The highest BCUT2D eigenvalue weighted by atomic mass is 16.5. The van der Waals surface area contributed by atoms with Crippen molar-refractivity contribution in [2.24, 2.45) is 16.8 Å². The van der Waals surface area contributed by atoms with E-state index in [2.05, 4.69) is 38.6 Å². The number of aromatic nitrogens is 2. The van der Waals surface area contributed by atoms with Crippen LogP contribution in [-0.4, -0.2) is 54.3 Å². The Morgan fingerprint density at radius 3 is 2.96 bits per heavy atom. The lowest BCUT2D eigenvalue weighted by molar-refractivity contribution is 0.115. The third-order valence-electron chi connectivity index (χ3n) is 3.96. The highest BCUT2D eigenvalue weighted by molar-refractivity contribution is 5.79. The molecular weight excluding hydrogens is 290 g/mol. The zero-order valence-corrected chi connectivity index (χ0v) is 15.0. The Kier molecular flexibility index (Phi) is 6.89. The van der Waals surface area contributed by atoms with Crippen LogP contribution in [0.2, 0.25) is 0 Å². The van der Waals surface area contributed by atoms with Gasteiger partial charge in [-0.05, 0) is 24.7 Å². The van der Waals surface area contributed by atoms with Gasteiger partial charge in [-0.15, -0.1) is 0 Å². The molecule has 0 unspecified atom stereocenters. The van der Waals surface area contributed by atoms with Gasteiger partial charge >= 0.3 is 0 Å². The summed E-state index contributed by atoms with van der Waals surface area (Å²) in [5, 5.41) is 3.38. The van der Waals surface area contributed by atoms with Gasteiger partial charge in [0.1, 0.15) is 5.82 Å². The van der Waals surface area contributed by atoms with Crippen LogP contribution in [0.1, 0.15) is 32.5 Å². The molecule has 0 saturated heterocycles. The maximum atomic E-state index is 5.70. The first-order valence-corrected chi connectivity index (χ1v) is 8.59. The van der Waals surface area contributed by atoms with Crippen LogP contribution in [-0.2, 0) is 17.8 Å². The minimum atomic E-state index is 0.605. The van der Waals surface area contributed by atoms with Crippen molar-refractivity contribution in [3.8, 4) is 0 Å². The molecule has 0 bridgehead atoms. The maximum Gasteiger partial charge on any atom is 0.193 e. The normalized spacial score (nSPS) is 15.3. The summed E-state index contributed by atoms with van der Waals surface area (Å²) in [5.74, 6) is 3.34. The highest BCUT2D eigenvalue weighted by Gasteiger charge is 2.21. The first-order valence-electron chi connectivity index (χ1n) is 8.59. The van der Waals surface area contributed by atoms with Crippen LogP contribution in [0.5, 0.6) is 0 Å². The van der Waals surface area contributed by atoms with E-state index in [4.69, 9.17) is 4.74 Å². The lowest BCUT2D eigenvalue weighted by atomic mass is 10.2. The molecule has 0 aliphatic heterocycles. The van der Waals surface area contributed by atoms with Crippen molar-refractivity contribution >= 4 is 5.96 Å². The van der Waals surface area contributed by atoms with E-state index in [1.807, 2.05) is 26.5 Å². The molecule has 1 fully saturated rings. The number of ether oxygens (including phenoxy) is 1. The molecule has 1 heterocycles. The second kappa shape index (κ2) is 8.91. The van der Waals surface area contributed by atoms with E-state index >= 15 is 0 Å². The number of hydrogen-bond donors (Lipinski definition) is 1. The van der Waals surface area contributed by atoms with Gasteiger partial charge in [0, 0.05) is 46.2 Å². The zero-order valence-electron chi connectivity index (χ0n) is 15.0. The van der Waals surface area contributed by atoms with Crippen LogP contribution in [0.15, 0.2) is 17.4 Å². The van der Waals surface area contributed by atoms with Crippen molar-refractivity contribution in [2.75, 3.05) is 33.9 Å². The van der Waals surface area contributed by atoms with E-state index in [0.29, 0.717) is 12.5 Å². The van der Waals surface area contributed by atoms with Gasteiger partial charge in [0.2, 0.25) is 0 Å². The summed E-state index contributed by atoms with van der Waals surface area (Å²) in [6.45, 7) is 8.59. The number of hydrogen-bond acceptors (Lipinski definition) is 3. The van der Waals surface area contributed by atoms with Crippen LogP contribution in [0.4, 0.5) is 0 Å². The first-order chi connectivity index (χ1) is 11.1. The average molecular weight is 321 g/mol. The van der Waals surface area contributed by atoms with Gasteiger partial charge in [0.15, 0.2) is 5.96 Å². The fourth-order valence-corrected chi connectivity index (χ4v) is 2.45. The van der Waals surface area contributed by atoms with Gasteiger partial charge in [0.05, 0.1) is 13.2 Å². The molecule has 1 aromatic heterocycles. The van der Waals surface area contributed by atoms with E-state index in [0.717, 1.165) is 44.0 Å². The number of nitrogens with zero attached hydrogens (tertiary/aromatic N) is 4. The van der Waals surface area contributed by atoms with Gasteiger partial charge in [-0.3, -0.25) is 4.99 Å². The molecule has 0 aromatic carbocycles. The second-order valence-electron chi connectivity index (χ2n) is 6.73. The highest BCUT2D eigenvalue weighted by Crippen LogP contribution is 2.28. The van der Waals surface area contributed by atoms with E-state index in [1.165, 1.54) is 12.8 Å². The van der Waals surface area contributed by atoms with Gasteiger partial charge < -0.3 is 19.5 Å². The van der Waals surface area contributed by atoms with Crippen LogP contribution < -0.4 is 5.32 Å². The predicted molar refractivity (Wildman–Crippen MR) is 93.4 cm³/mol. The first kappa shape index (κ1) is 17.8. The average Bonchev–Trinajstić information content (AvgIpc) is 3.24. The van der Waals surface area contributed by atoms with Crippen molar-refractivity contribution in [1.29, 1.82) is 0 Å². The topological polar surface area (TPSA) is 54.7 Å². The smallest absolute Gasteiger partial charge is 0.193 e. The predicted octanol–water partition coefficient (Wildman–Crippen LogP) is 1.97. The number of nitrogens with one attached hydrogen (secondary N) is 1. The van der Waals surface area contributed by atoms with Crippen LogP contribution in [0.25, 0.3) is 0 Å². The molecule has 1 aromatic rings. The molecule has 130 valence electrons. The second-order valence-corrected chi connectivity index (χ2v) is 6.73. The monoisotopic (exact) mass is 321 g/mol. The van der Waals surface area contributed by atoms with Crippen molar-refractivity contribution in [3.05, 3.63) is 18.2 Å². The number of imidazole rings is 1. The Hall–Kier alpha value is -1.56. The fraction of sp³-hybridized carbons (Fsp3) is 0.765. The molecule has 2 rings (SSSR count). The number of likely N-dealkylation sites (N-methyl/N-ethyl adjacent to an activating group) is 1. The number of guanidine groups is 1. The molecule has 23 heavy (non-hydrogen) atoms. The van der Waals surface area contributed by atoms with E-state index in [9.17, 15) is 0 Å². The van der Waals surface area contributed by atoms with Crippen molar-refractivity contribution < 1.29 is 4.74 Å². The molecule has 1 aliphatic rings. The Morgan fingerprint density at radius 1 is 1.52 bits per heavy atom.